The number of hydrogen-bond donors (Lipinski definition) is 0. The summed E-state index contributed by atoms with van der Waals surface area (Å²) in [5.41, 5.74) is 3.65. The van der Waals surface area contributed by atoms with E-state index in [9.17, 15) is 0 Å². The number of halogens is 1. The number of benzene rings is 2. The molecule has 0 atom stereocenters. The third-order valence-corrected chi connectivity index (χ3v) is 5.89. The van der Waals surface area contributed by atoms with E-state index >= 15 is 0 Å². The monoisotopic (exact) mass is 425 g/mol. The third-order valence-electron chi connectivity index (χ3n) is 5.36. The first-order chi connectivity index (χ1) is 13.3. The number of ether oxygens (including phenoxy) is 2. The maximum Gasteiger partial charge on any atom is 0.262 e. The Labute approximate surface area is 167 Å². The van der Waals surface area contributed by atoms with Crippen LogP contribution in [0.25, 0.3) is 16.9 Å². The molecule has 0 fully saturated rings. The number of imidazole rings is 1. The minimum atomic E-state index is 0.610. The van der Waals surface area contributed by atoms with Gasteiger partial charge in [-0.2, -0.15) is 4.57 Å². The highest BCUT2D eigenvalue weighted by Gasteiger charge is 2.27. The molecule has 2 aliphatic heterocycles. The Morgan fingerprint density at radius 2 is 1.70 bits per heavy atom. The highest BCUT2D eigenvalue weighted by atomic mass is 79.9. The fourth-order valence-electron chi connectivity index (χ4n) is 4.03. The van der Waals surface area contributed by atoms with E-state index in [-0.39, 0.29) is 0 Å². The summed E-state index contributed by atoms with van der Waals surface area (Å²) in [4.78, 5) is 0. The molecule has 0 radical (unpaired) electrons. The van der Waals surface area contributed by atoms with Crippen LogP contribution >= 0.6 is 15.9 Å². The second-order valence-corrected chi connectivity index (χ2v) is 8.01. The summed E-state index contributed by atoms with van der Waals surface area (Å²) in [6, 6.07) is 14.9. The Balaban J connectivity index is 1.65. The number of rotatable bonds is 2. The largest absolute Gasteiger partial charge is 0.486 e. The van der Waals surface area contributed by atoms with Crippen molar-refractivity contribution in [1.29, 1.82) is 0 Å². The van der Waals surface area contributed by atoms with Gasteiger partial charge in [0.25, 0.3) is 5.82 Å². The maximum atomic E-state index is 5.81. The Bertz CT molecular complexity index is 979. The molecule has 0 unspecified atom stereocenters. The first-order valence-corrected chi connectivity index (χ1v) is 10.4. The lowest BCUT2D eigenvalue weighted by Gasteiger charge is -2.18. The summed E-state index contributed by atoms with van der Waals surface area (Å²) in [6.07, 6.45) is 7.10. The van der Waals surface area contributed by atoms with E-state index in [4.69, 9.17) is 9.47 Å². The molecule has 0 bridgehead atoms. The van der Waals surface area contributed by atoms with Crippen LogP contribution in [0.5, 0.6) is 11.5 Å². The van der Waals surface area contributed by atoms with E-state index in [1.165, 1.54) is 36.3 Å². The van der Waals surface area contributed by atoms with Crippen molar-refractivity contribution in [2.75, 3.05) is 13.2 Å². The molecule has 2 aliphatic rings. The second-order valence-electron chi connectivity index (χ2n) is 7.10. The van der Waals surface area contributed by atoms with Crippen LogP contribution in [0.3, 0.4) is 0 Å². The zero-order chi connectivity index (χ0) is 18.2. The average Bonchev–Trinajstić information content (AvgIpc) is 2.89. The molecular weight excluding hydrogens is 404 g/mol. The van der Waals surface area contributed by atoms with Crippen molar-refractivity contribution in [2.24, 2.45) is 0 Å². The summed E-state index contributed by atoms with van der Waals surface area (Å²) in [7, 11) is 0. The second kappa shape index (κ2) is 7.04. The van der Waals surface area contributed by atoms with Crippen molar-refractivity contribution in [2.45, 2.75) is 32.2 Å². The van der Waals surface area contributed by atoms with E-state index in [0.717, 1.165) is 34.6 Å². The number of fused-ring (bicyclic) bond motifs is 2. The Morgan fingerprint density at radius 3 is 2.56 bits per heavy atom. The van der Waals surface area contributed by atoms with Crippen molar-refractivity contribution in [1.82, 2.24) is 4.57 Å². The highest BCUT2D eigenvalue weighted by molar-refractivity contribution is 9.10. The van der Waals surface area contributed by atoms with Gasteiger partial charge in [0.2, 0.25) is 0 Å². The topological polar surface area (TPSA) is 27.3 Å². The standard InChI is InChI=1S/C22H22BrN2O2/c23-17-7-5-16(6-8-17)19-15-25(22-4-2-1-3-11-24(19)22)18-9-10-20-21(14-18)27-13-12-26-20/h5-10,14-15H,1-4,11-13H2/q+1. The van der Waals surface area contributed by atoms with Gasteiger partial charge >= 0.3 is 0 Å². The van der Waals surface area contributed by atoms with Crippen LogP contribution < -0.4 is 14.0 Å². The lowest BCUT2D eigenvalue weighted by molar-refractivity contribution is -0.692. The van der Waals surface area contributed by atoms with Gasteiger partial charge in [-0.3, -0.25) is 0 Å². The molecule has 0 N–H and O–H groups in total. The van der Waals surface area contributed by atoms with E-state index in [1.807, 2.05) is 6.07 Å². The van der Waals surface area contributed by atoms with Gasteiger partial charge in [0.1, 0.15) is 25.1 Å². The van der Waals surface area contributed by atoms with Gasteiger partial charge in [0.05, 0.1) is 6.54 Å². The zero-order valence-electron chi connectivity index (χ0n) is 15.2. The molecule has 0 saturated carbocycles. The lowest BCUT2D eigenvalue weighted by atomic mass is 10.1. The number of aromatic nitrogens is 2. The predicted molar refractivity (Wildman–Crippen MR) is 108 cm³/mol. The Hall–Kier alpha value is -2.27. The average molecular weight is 426 g/mol. The van der Waals surface area contributed by atoms with E-state index in [0.29, 0.717) is 13.2 Å². The molecule has 0 spiro atoms. The summed E-state index contributed by atoms with van der Waals surface area (Å²) < 4.78 is 17.4. The molecule has 0 aliphatic carbocycles. The van der Waals surface area contributed by atoms with Gasteiger partial charge in [-0.05, 0) is 55.7 Å². The van der Waals surface area contributed by atoms with Crippen LogP contribution in [-0.4, -0.2) is 17.8 Å². The highest BCUT2D eigenvalue weighted by Crippen LogP contribution is 2.33. The number of hydrogen-bond acceptors (Lipinski definition) is 2. The Morgan fingerprint density at radius 1 is 0.889 bits per heavy atom. The van der Waals surface area contributed by atoms with Crippen molar-refractivity contribution in [3.8, 4) is 28.4 Å². The van der Waals surface area contributed by atoms with E-state index < -0.39 is 0 Å². The molecule has 5 rings (SSSR count). The third kappa shape index (κ3) is 3.14. The van der Waals surface area contributed by atoms with Gasteiger partial charge in [0.15, 0.2) is 17.2 Å². The Kier molecular flexibility index (Phi) is 4.40. The van der Waals surface area contributed by atoms with Crippen LogP contribution in [0.15, 0.2) is 53.1 Å². The minimum Gasteiger partial charge on any atom is -0.486 e. The van der Waals surface area contributed by atoms with E-state index in [2.05, 4.69) is 67.7 Å². The number of nitrogens with zero attached hydrogens (tertiary/aromatic N) is 2. The minimum absolute atomic E-state index is 0.610. The van der Waals surface area contributed by atoms with Crippen molar-refractivity contribution < 1.29 is 14.0 Å². The van der Waals surface area contributed by atoms with Gasteiger partial charge in [-0.1, -0.05) is 15.9 Å². The van der Waals surface area contributed by atoms with Crippen molar-refractivity contribution in [3.05, 3.63) is 59.0 Å². The molecule has 3 heterocycles. The van der Waals surface area contributed by atoms with Crippen LogP contribution in [0.4, 0.5) is 0 Å². The van der Waals surface area contributed by atoms with Crippen molar-refractivity contribution in [3.63, 3.8) is 0 Å². The molecular formula is C22H22BrN2O2+. The van der Waals surface area contributed by atoms with Crippen LogP contribution in [0.1, 0.15) is 25.1 Å². The van der Waals surface area contributed by atoms with Gasteiger partial charge in [-0.15, -0.1) is 0 Å². The quantitative estimate of drug-likeness (QED) is 0.556. The first-order valence-electron chi connectivity index (χ1n) is 9.60. The summed E-state index contributed by atoms with van der Waals surface area (Å²) in [5.74, 6) is 3.04. The summed E-state index contributed by atoms with van der Waals surface area (Å²) in [5, 5.41) is 0. The normalized spacial score (nSPS) is 15.9. The fourth-order valence-corrected chi connectivity index (χ4v) is 4.29. The zero-order valence-corrected chi connectivity index (χ0v) is 16.7. The van der Waals surface area contributed by atoms with Crippen LogP contribution in [-0.2, 0) is 13.0 Å². The molecule has 138 valence electrons. The molecule has 4 nitrogen and oxygen atoms in total. The summed E-state index contributed by atoms with van der Waals surface area (Å²) in [6.45, 7) is 2.30. The fraction of sp³-hybridized carbons (Fsp3) is 0.318. The van der Waals surface area contributed by atoms with Gasteiger partial charge < -0.3 is 9.47 Å². The molecule has 2 aromatic carbocycles. The van der Waals surface area contributed by atoms with Gasteiger partial charge in [-0.25, -0.2) is 4.57 Å². The van der Waals surface area contributed by atoms with Crippen LogP contribution in [0, 0.1) is 0 Å². The van der Waals surface area contributed by atoms with Crippen LogP contribution in [0.2, 0.25) is 0 Å². The lowest BCUT2D eigenvalue weighted by Crippen LogP contribution is -2.38. The predicted octanol–water partition coefficient (Wildman–Crippen LogP) is 4.69. The molecule has 3 aromatic rings. The smallest absolute Gasteiger partial charge is 0.262 e. The first kappa shape index (κ1) is 16.9. The summed E-state index contributed by atoms with van der Waals surface area (Å²) >= 11 is 3.54. The SMILES string of the molecule is Brc1ccc(-c2cn(-c3ccc4c(c3)OCCO4)c3[n+]2CCCCC3)cc1. The molecule has 27 heavy (non-hydrogen) atoms. The van der Waals surface area contributed by atoms with E-state index in [1.54, 1.807) is 0 Å². The molecule has 0 amide bonds. The molecule has 1 aromatic heterocycles. The molecule has 5 heteroatoms. The van der Waals surface area contributed by atoms with Gasteiger partial charge in [0, 0.05) is 22.5 Å². The van der Waals surface area contributed by atoms with Crippen molar-refractivity contribution >= 4 is 15.9 Å². The maximum absolute atomic E-state index is 5.81. The molecule has 0 saturated heterocycles.